The molecular formula is C21H16Cl4F4O5. The van der Waals surface area contributed by atoms with Crippen molar-refractivity contribution in [2.24, 2.45) is 0 Å². The smallest absolute Gasteiger partial charge is 0.461 e. The van der Waals surface area contributed by atoms with Gasteiger partial charge in [-0.05, 0) is 30.3 Å². The van der Waals surface area contributed by atoms with Crippen LogP contribution < -0.4 is 14.2 Å². The lowest BCUT2D eigenvalue weighted by molar-refractivity contribution is -0.253. The molecule has 0 atom stereocenters. The first kappa shape index (κ1) is 28.2. The molecule has 0 N–H and O–H groups in total. The summed E-state index contributed by atoms with van der Waals surface area (Å²) in [5, 5.41) is 0.389. The van der Waals surface area contributed by atoms with E-state index in [9.17, 15) is 22.4 Å². The second-order valence-corrected chi connectivity index (χ2v) is 8.17. The SMILES string of the molecule is O=C(OCCCOc1c(Cl)cc(OCC=C(Cl)Cl)cc1Cl)c1ccc(OC(F)(F)C(F)F)cc1. The van der Waals surface area contributed by atoms with Gasteiger partial charge in [0.2, 0.25) is 0 Å². The van der Waals surface area contributed by atoms with Crippen LogP contribution in [0.3, 0.4) is 0 Å². The summed E-state index contributed by atoms with van der Waals surface area (Å²) in [7, 11) is 0. The van der Waals surface area contributed by atoms with Crippen LogP contribution in [0.4, 0.5) is 17.6 Å². The van der Waals surface area contributed by atoms with E-state index in [2.05, 4.69) is 4.74 Å². The van der Waals surface area contributed by atoms with E-state index in [0.717, 1.165) is 24.3 Å². The van der Waals surface area contributed by atoms with E-state index in [1.807, 2.05) is 0 Å². The van der Waals surface area contributed by atoms with E-state index in [0.29, 0.717) is 5.75 Å². The highest BCUT2D eigenvalue weighted by atomic mass is 35.5. The summed E-state index contributed by atoms with van der Waals surface area (Å²) in [5.74, 6) is -0.698. The molecular weight excluding hydrogens is 550 g/mol. The molecule has 0 aliphatic carbocycles. The number of ether oxygens (including phenoxy) is 4. The standard InChI is InChI=1S/C21H16Cl4F4O5/c22-15-10-14(31-9-6-17(24)25)11-16(23)18(15)32-7-1-8-33-19(30)12-2-4-13(5-3-12)34-21(28,29)20(26)27/h2-6,10-11,20H,1,7-9H2. The number of halogens is 8. The van der Waals surface area contributed by atoms with Crippen LogP contribution in [-0.2, 0) is 4.74 Å². The predicted molar refractivity (Wildman–Crippen MR) is 120 cm³/mol. The summed E-state index contributed by atoms with van der Waals surface area (Å²) in [6.07, 6.45) is -6.92. The van der Waals surface area contributed by atoms with Crippen LogP contribution in [-0.4, -0.2) is 38.3 Å². The molecule has 0 bridgehead atoms. The molecule has 2 aromatic carbocycles. The Hall–Kier alpha value is -2.07. The number of carbonyl (C=O) groups excluding carboxylic acids is 1. The number of carbonyl (C=O) groups is 1. The third kappa shape index (κ3) is 8.94. The maximum Gasteiger partial charge on any atom is 0.461 e. The normalized spacial score (nSPS) is 11.2. The van der Waals surface area contributed by atoms with Gasteiger partial charge < -0.3 is 18.9 Å². The highest BCUT2D eigenvalue weighted by Crippen LogP contribution is 2.37. The molecule has 13 heteroatoms. The molecule has 0 fully saturated rings. The number of esters is 1. The fraction of sp³-hybridized carbons (Fsp3) is 0.286. The molecule has 0 saturated heterocycles. The Morgan fingerprint density at radius 2 is 1.59 bits per heavy atom. The van der Waals surface area contributed by atoms with Gasteiger partial charge in [-0.3, -0.25) is 0 Å². The zero-order valence-corrected chi connectivity index (χ0v) is 20.0. The second kappa shape index (κ2) is 13.1. The first-order chi connectivity index (χ1) is 16.0. The highest BCUT2D eigenvalue weighted by molar-refractivity contribution is 6.55. The van der Waals surface area contributed by atoms with Gasteiger partial charge in [0, 0.05) is 18.6 Å². The third-order valence-corrected chi connectivity index (χ3v) is 4.70. The maximum atomic E-state index is 12.9. The van der Waals surface area contributed by atoms with E-state index >= 15 is 0 Å². The first-order valence-electron chi connectivity index (χ1n) is 9.37. The van der Waals surface area contributed by atoms with E-state index in [4.69, 9.17) is 60.6 Å². The monoisotopic (exact) mass is 564 g/mol. The molecule has 0 aliphatic rings. The van der Waals surface area contributed by atoms with E-state index < -0.39 is 24.3 Å². The van der Waals surface area contributed by atoms with E-state index in [1.165, 1.54) is 18.2 Å². The van der Waals surface area contributed by atoms with Crippen molar-refractivity contribution >= 4 is 52.4 Å². The Bertz CT molecular complexity index is 976. The predicted octanol–water partition coefficient (Wildman–Crippen LogP) is 7.55. The molecule has 0 heterocycles. The lowest BCUT2D eigenvalue weighted by atomic mass is 10.2. The van der Waals surface area contributed by atoms with Crippen molar-refractivity contribution in [3.63, 3.8) is 0 Å². The van der Waals surface area contributed by atoms with Gasteiger partial charge in [-0.1, -0.05) is 46.4 Å². The number of rotatable bonds is 12. The molecule has 2 rings (SSSR count). The summed E-state index contributed by atoms with van der Waals surface area (Å²) < 4.78 is 70.0. The van der Waals surface area contributed by atoms with Crippen LogP contribution in [0, 0.1) is 0 Å². The summed E-state index contributed by atoms with van der Waals surface area (Å²) in [6.45, 7) is 0.175. The molecule has 0 radical (unpaired) electrons. The summed E-state index contributed by atoms with van der Waals surface area (Å²) in [4.78, 5) is 12.0. The molecule has 0 unspecified atom stereocenters. The highest BCUT2D eigenvalue weighted by Gasteiger charge is 2.43. The largest absolute Gasteiger partial charge is 0.490 e. The van der Waals surface area contributed by atoms with Crippen molar-refractivity contribution in [1.82, 2.24) is 0 Å². The van der Waals surface area contributed by atoms with Gasteiger partial charge in [0.1, 0.15) is 22.6 Å². The van der Waals surface area contributed by atoms with Gasteiger partial charge in [0.25, 0.3) is 0 Å². The Kier molecular flexibility index (Phi) is 10.9. The molecule has 0 spiro atoms. The number of alkyl halides is 4. The van der Waals surface area contributed by atoms with Crippen LogP contribution in [0.1, 0.15) is 16.8 Å². The van der Waals surface area contributed by atoms with Crippen LogP contribution in [0.2, 0.25) is 10.0 Å². The molecule has 0 aliphatic heterocycles. The summed E-state index contributed by atoms with van der Waals surface area (Å²) in [6, 6.07) is 7.10. The second-order valence-electron chi connectivity index (χ2n) is 6.35. The Morgan fingerprint density at radius 1 is 0.971 bits per heavy atom. The van der Waals surface area contributed by atoms with Crippen LogP contribution in [0.25, 0.3) is 0 Å². The van der Waals surface area contributed by atoms with Crippen molar-refractivity contribution in [3.8, 4) is 17.2 Å². The quantitative estimate of drug-likeness (QED) is 0.151. The number of hydrogen-bond acceptors (Lipinski definition) is 5. The minimum Gasteiger partial charge on any atom is -0.490 e. The third-order valence-electron chi connectivity index (χ3n) is 3.83. The van der Waals surface area contributed by atoms with Crippen LogP contribution in [0.15, 0.2) is 47.0 Å². The van der Waals surface area contributed by atoms with Crippen LogP contribution in [0.5, 0.6) is 17.2 Å². The van der Waals surface area contributed by atoms with E-state index in [1.54, 1.807) is 0 Å². The Labute approximate surface area is 212 Å². The van der Waals surface area contributed by atoms with Crippen molar-refractivity contribution in [1.29, 1.82) is 0 Å². The first-order valence-corrected chi connectivity index (χ1v) is 10.9. The maximum absolute atomic E-state index is 12.9. The fourth-order valence-electron chi connectivity index (χ4n) is 2.30. The molecule has 0 amide bonds. The van der Waals surface area contributed by atoms with E-state index in [-0.39, 0.29) is 52.1 Å². The zero-order chi connectivity index (χ0) is 25.3. The topological polar surface area (TPSA) is 54.0 Å². The summed E-state index contributed by atoms with van der Waals surface area (Å²) in [5.41, 5.74) is 0.0145. The van der Waals surface area contributed by atoms with Gasteiger partial charge in [-0.2, -0.15) is 17.6 Å². The van der Waals surface area contributed by atoms with Gasteiger partial charge in [-0.25, -0.2) is 4.79 Å². The summed E-state index contributed by atoms with van der Waals surface area (Å²) >= 11 is 23.3. The lowest BCUT2D eigenvalue weighted by Gasteiger charge is -2.16. The van der Waals surface area contributed by atoms with Gasteiger partial charge >= 0.3 is 18.5 Å². The Morgan fingerprint density at radius 3 is 2.15 bits per heavy atom. The average Bonchev–Trinajstić information content (AvgIpc) is 2.75. The fourth-order valence-corrected chi connectivity index (χ4v) is 3.00. The molecule has 2 aromatic rings. The van der Waals surface area contributed by atoms with Crippen molar-refractivity contribution < 1.29 is 41.3 Å². The number of hydrogen-bond donors (Lipinski definition) is 0. The molecule has 34 heavy (non-hydrogen) atoms. The minimum absolute atomic E-state index is 0.0145. The van der Waals surface area contributed by atoms with Crippen molar-refractivity contribution in [3.05, 3.63) is 62.6 Å². The molecule has 186 valence electrons. The van der Waals surface area contributed by atoms with Gasteiger partial charge in [0.15, 0.2) is 5.75 Å². The zero-order valence-electron chi connectivity index (χ0n) is 17.0. The van der Waals surface area contributed by atoms with Crippen molar-refractivity contribution in [2.75, 3.05) is 19.8 Å². The minimum atomic E-state index is -4.64. The van der Waals surface area contributed by atoms with Crippen molar-refractivity contribution in [2.45, 2.75) is 19.0 Å². The Balaban J connectivity index is 1.78. The lowest BCUT2D eigenvalue weighted by Crippen LogP contribution is -2.33. The molecule has 0 saturated carbocycles. The molecule has 5 nitrogen and oxygen atoms in total. The van der Waals surface area contributed by atoms with Gasteiger partial charge in [-0.15, -0.1) is 0 Å². The average molecular weight is 566 g/mol. The number of benzene rings is 2. The van der Waals surface area contributed by atoms with Crippen LogP contribution >= 0.6 is 46.4 Å². The molecule has 0 aromatic heterocycles. The van der Waals surface area contributed by atoms with Gasteiger partial charge in [0.05, 0.1) is 28.8 Å².